The Labute approximate surface area is 65.2 Å². The summed E-state index contributed by atoms with van der Waals surface area (Å²) in [5.41, 5.74) is -0.471. The van der Waals surface area contributed by atoms with E-state index in [0.29, 0.717) is 5.82 Å². The molecular weight excluding hydrogens is 144 g/mol. The van der Waals surface area contributed by atoms with E-state index in [-0.39, 0.29) is 5.88 Å². The third-order valence-corrected chi connectivity index (χ3v) is 1.64. The van der Waals surface area contributed by atoms with Crippen LogP contribution in [0, 0.1) is 0 Å². The van der Waals surface area contributed by atoms with Crippen LogP contribution in [0.3, 0.4) is 0 Å². The van der Waals surface area contributed by atoms with Gasteiger partial charge in [0.05, 0.1) is 6.20 Å². The molecule has 4 nitrogen and oxygen atoms in total. The Hall–Kier alpha value is -1.03. The number of hydrogen-bond acceptors (Lipinski definition) is 3. The van der Waals surface area contributed by atoms with Gasteiger partial charge in [-0.1, -0.05) is 0 Å². The fourth-order valence-electron chi connectivity index (χ4n) is 0.714. The van der Waals surface area contributed by atoms with Gasteiger partial charge < -0.3 is 14.8 Å². The number of H-pyrrole nitrogens is 1. The molecule has 1 aromatic rings. The Kier molecular flexibility index (Phi) is 1.87. The van der Waals surface area contributed by atoms with Crippen molar-refractivity contribution in [3.05, 3.63) is 12.0 Å². The van der Waals surface area contributed by atoms with Gasteiger partial charge in [0.15, 0.2) is 0 Å². The van der Waals surface area contributed by atoms with Crippen LogP contribution in [0.2, 0.25) is 0 Å². The monoisotopic (exact) mass is 156 g/mol. The van der Waals surface area contributed by atoms with E-state index in [0.717, 1.165) is 0 Å². The molecule has 0 unspecified atom stereocenters. The number of rotatable bonds is 2. The van der Waals surface area contributed by atoms with Gasteiger partial charge in [-0.3, -0.25) is 0 Å². The molecule has 0 radical (unpaired) electrons. The highest BCUT2D eigenvalue weighted by Gasteiger charge is 2.22. The zero-order valence-electron chi connectivity index (χ0n) is 6.88. The van der Waals surface area contributed by atoms with E-state index in [9.17, 15) is 0 Å². The van der Waals surface area contributed by atoms with Gasteiger partial charge in [-0.15, -0.1) is 0 Å². The lowest BCUT2D eigenvalue weighted by Crippen LogP contribution is -2.20. The van der Waals surface area contributed by atoms with Crippen molar-refractivity contribution >= 4 is 0 Å². The van der Waals surface area contributed by atoms with Crippen molar-refractivity contribution in [2.75, 3.05) is 7.11 Å². The van der Waals surface area contributed by atoms with Crippen molar-refractivity contribution in [3.8, 4) is 5.88 Å². The summed E-state index contributed by atoms with van der Waals surface area (Å²) in [5, 5.41) is 8.94. The van der Waals surface area contributed by atoms with E-state index in [2.05, 4.69) is 9.97 Å². The molecule has 1 heterocycles. The minimum absolute atomic E-state index is 0.0603. The summed E-state index contributed by atoms with van der Waals surface area (Å²) in [6.45, 7) is 3.73. The Morgan fingerprint density at radius 3 is 2.64 bits per heavy atom. The maximum atomic E-state index is 8.94. The van der Waals surface area contributed by atoms with Crippen LogP contribution in [0.25, 0.3) is 0 Å². The van der Waals surface area contributed by atoms with Gasteiger partial charge in [-0.2, -0.15) is 0 Å². The van der Waals surface area contributed by atoms with Crippen molar-refractivity contribution < 1.29 is 9.84 Å². The molecular formula is C7H12N2O2. The minimum atomic E-state index is -0.471. The molecule has 0 bridgehead atoms. The average molecular weight is 156 g/mol. The van der Waals surface area contributed by atoms with Crippen molar-refractivity contribution in [1.82, 2.24) is 9.97 Å². The summed E-state index contributed by atoms with van der Waals surface area (Å²) in [5.74, 6) is 0.683. The Balaban J connectivity index is 2.92. The standard InChI is InChI=1S/C7H12N2O2/c1-7(2,11-3)6-8-4-5(10)9-6/h4,10H,1-3H3,(H,8,9). The summed E-state index contributed by atoms with van der Waals surface area (Å²) in [6.07, 6.45) is 1.36. The molecule has 1 rings (SSSR count). The summed E-state index contributed by atoms with van der Waals surface area (Å²) in [7, 11) is 1.60. The fourth-order valence-corrected chi connectivity index (χ4v) is 0.714. The molecule has 0 saturated carbocycles. The van der Waals surface area contributed by atoms with Crippen LogP contribution in [0.5, 0.6) is 5.88 Å². The summed E-state index contributed by atoms with van der Waals surface area (Å²) in [6, 6.07) is 0. The molecule has 0 spiro atoms. The maximum Gasteiger partial charge on any atom is 0.208 e. The number of aromatic amines is 1. The smallest absolute Gasteiger partial charge is 0.208 e. The molecule has 11 heavy (non-hydrogen) atoms. The van der Waals surface area contributed by atoms with Gasteiger partial charge >= 0.3 is 0 Å². The molecule has 0 aromatic carbocycles. The number of imidazole rings is 1. The number of aromatic hydroxyl groups is 1. The maximum absolute atomic E-state index is 8.94. The predicted molar refractivity (Wildman–Crippen MR) is 40.3 cm³/mol. The molecule has 2 N–H and O–H groups in total. The molecule has 62 valence electrons. The largest absolute Gasteiger partial charge is 0.493 e. The highest BCUT2D eigenvalue weighted by Crippen LogP contribution is 2.21. The van der Waals surface area contributed by atoms with Gasteiger partial charge in [-0.05, 0) is 13.8 Å². The topological polar surface area (TPSA) is 58.1 Å². The lowest BCUT2D eigenvalue weighted by atomic mass is 10.1. The molecule has 0 aliphatic carbocycles. The van der Waals surface area contributed by atoms with Gasteiger partial charge in [0.25, 0.3) is 0 Å². The van der Waals surface area contributed by atoms with E-state index in [4.69, 9.17) is 9.84 Å². The van der Waals surface area contributed by atoms with E-state index < -0.39 is 5.60 Å². The number of hydrogen-bond donors (Lipinski definition) is 2. The van der Waals surface area contributed by atoms with Crippen LogP contribution in [0.4, 0.5) is 0 Å². The first-order valence-corrected chi connectivity index (χ1v) is 3.36. The Morgan fingerprint density at radius 2 is 2.27 bits per heavy atom. The SMILES string of the molecule is COC(C)(C)c1ncc(O)[nH]1. The number of aromatic nitrogens is 2. The number of ether oxygens (including phenoxy) is 1. The lowest BCUT2D eigenvalue weighted by Gasteiger charge is -2.19. The molecule has 0 atom stereocenters. The molecule has 0 saturated heterocycles. The van der Waals surface area contributed by atoms with E-state index in [1.807, 2.05) is 13.8 Å². The predicted octanol–water partition coefficient (Wildman–Crippen LogP) is 0.997. The van der Waals surface area contributed by atoms with Gasteiger partial charge in [0.1, 0.15) is 11.4 Å². The highest BCUT2D eigenvalue weighted by atomic mass is 16.5. The van der Waals surface area contributed by atoms with E-state index in [1.54, 1.807) is 7.11 Å². The average Bonchev–Trinajstić information content (AvgIpc) is 2.36. The summed E-state index contributed by atoms with van der Waals surface area (Å²) < 4.78 is 5.13. The quantitative estimate of drug-likeness (QED) is 0.671. The van der Waals surface area contributed by atoms with Crippen molar-refractivity contribution in [1.29, 1.82) is 0 Å². The van der Waals surface area contributed by atoms with E-state index in [1.165, 1.54) is 6.20 Å². The first-order chi connectivity index (χ1) is 5.06. The van der Waals surface area contributed by atoms with Gasteiger partial charge in [0.2, 0.25) is 5.88 Å². The molecule has 0 fully saturated rings. The minimum Gasteiger partial charge on any atom is -0.493 e. The highest BCUT2D eigenvalue weighted by molar-refractivity contribution is 5.09. The molecule has 4 heteroatoms. The van der Waals surface area contributed by atoms with Crippen molar-refractivity contribution in [2.45, 2.75) is 19.4 Å². The van der Waals surface area contributed by atoms with E-state index >= 15 is 0 Å². The zero-order valence-corrected chi connectivity index (χ0v) is 6.88. The second-order valence-electron chi connectivity index (χ2n) is 2.83. The zero-order chi connectivity index (χ0) is 8.48. The molecule has 0 aliphatic heterocycles. The second-order valence-corrected chi connectivity index (χ2v) is 2.83. The first kappa shape index (κ1) is 8.07. The molecule has 0 aliphatic rings. The number of nitrogens with one attached hydrogen (secondary N) is 1. The van der Waals surface area contributed by atoms with Crippen LogP contribution in [0.15, 0.2) is 6.20 Å². The summed E-state index contributed by atoms with van der Waals surface area (Å²) >= 11 is 0. The second kappa shape index (κ2) is 2.54. The third-order valence-electron chi connectivity index (χ3n) is 1.64. The van der Waals surface area contributed by atoms with Crippen molar-refractivity contribution in [2.24, 2.45) is 0 Å². The number of nitrogens with zero attached hydrogens (tertiary/aromatic N) is 1. The summed E-state index contributed by atoms with van der Waals surface area (Å²) in [4.78, 5) is 6.61. The fraction of sp³-hybridized carbons (Fsp3) is 0.571. The number of methoxy groups -OCH3 is 1. The van der Waals surface area contributed by atoms with Crippen LogP contribution in [0.1, 0.15) is 19.7 Å². The van der Waals surface area contributed by atoms with Crippen LogP contribution < -0.4 is 0 Å². The van der Waals surface area contributed by atoms with Crippen LogP contribution >= 0.6 is 0 Å². The third kappa shape index (κ3) is 1.51. The van der Waals surface area contributed by atoms with Crippen LogP contribution in [-0.2, 0) is 10.3 Å². The van der Waals surface area contributed by atoms with Crippen molar-refractivity contribution in [3.63, 3.8) is 0 Å². The van der Waals surface area contributed by atoms with Gasteiger partial charge in [-0.25, -0.2) is 4.98 Å². The Morgan fingerprint density at radius 1 is 1.64 bits per heavy atom. The molecule has 0 amide bonds. The first-order valence-electron chi connectivity index (χ1n) is 3.36. The van der Waals surface area contributed by atoms with Crippen LogP contribution in [-0.4, -0.2) is 22.2 Å². The lowest BCUT2D eigenvalue weighted by molar-refractivity contribution is 0.0120. The molecule has 1 aromatic heterocycles. The van der Waals surface area contributed by atoms with Gasteiger partial charge in [0, 0.05) is 7.11 Å². The Bertz CT molecular complexity index is 242. The normalized spacial score (nSPS) is 11.9.